The molecule has 0 atom stereocenters. The largest absolute Gasteiger partial charge is 0.471 e. The Labute approximate surface area is 76.1 Å². The van der Waals surface area contributed by atoms with Crippen LogP contribution < -0.4 is 15.0 Å². The van der Waals surface area contributed by atoms with Crippen LogP contribution in [0.3, 0.4) is 0 Å². The van der Waals surface area contributed by atoms with Crippen molar-refractivity contribution in [3.05, 3.63) is 24.3 Å². The van der Waals surface area contributed by atoms with Crippen molar-refractivity contribution in [2.75, 3.05) is 18.3 Å². The quantitative estimate of drug-likeness (QED) is 0.682. The summed E-state index contributed by atoms with van der Waals surface area (Å²) in [5.74, 6) is 0.857. The molecule has 1 aromatic carbocycles. The first kappa shape index (κ1) is 7.91. The molecule has 0 unspecified atom stereocenters. The van der Waals surface area contributed by atoms with Crippen LogP contribution in [0.4, 0.5) is 5.69 Å². The molecule has 1 aliphatic rings. The Balaban J connectivity index is 2.13. The van der Waals surface area contributed by atoms with E-state index in [9.17, 15) is 4.79 Å². The number of nitrogens with one attached hydrogen (secondary N) is 1. The Morgan fingerprint density at radius 3 is 3.23 bits per heavy atom. The van der Waals surface area contributed by atoms with Crippen molar-refractivity contribution < 1.29 is 9.53 Å². The van der Waals surface area contributed by atoms with Gasteiger partial charge in [-0.05, 0) is 12.1 Å². The summed E-state index contributed by atoms with van der Waals surface area (Å²) < 4.78 is 5.36. The molecule has 0 aliphatic carbocycles. The first-order chi connectivity index (χ1) is 6.42. The van der Waals surface area contributed by atoms with Gasteiger partial charge in [0.15, 0.2) is 6.73 Å². The normalized spacial score (nSPS) is 13.4. The van der Waals surface area contributed by atoms with Crippen LogP contribution in [0.2, 0.25) is 0 Å². The molecule has 0 saturated carbocycles. The second kappa shape index (κ2) is 3.35. The molecule has 67 valence electrons. The zero-order valence-corrected chi connectivity index (χ0v) is 6.99. The predicted octanol–water partition coefficient (Wildman–Crippen LogP) is 0.457. The smallest absolute Gasteiger partial charge is 0.310 e. The van der Waals surface area contributed by atoms with Gasteiger partial charge in [-0.2, -0.15) is 0 Å². The Hall–Kier alpha value is -1.71. The van der Waals surface area contributed by atoms with Crippen LogP contribution in [-0.2, 0) is 4.79 Å². The minimum absolute atomic E-state index is 0.431. The third-order valence-electron chi connectivity index (χ3n) is 1.92. The van der Waals surface area contributed by atoms with Crippen molar-refractivity contribution in [1.29, 1.82) is 0 Å². The molecule has 1 amide bonds. The lowest BCUT2D eigenvalue weighted by molar-refractivity contribution is 0.345. The number of benzene rings is 1. The molecule has 1 N–H and O–H groups in total. The average Bonchev–Trinajstić information content (AvgIpc) is 2.58. The molecule has 0 saturated heterocycles. The maximum absolute atomic E-state index is 9.97. The third-order valence-corrected chi connectivity index (χ3v) is 1.92. The van der Waals surface area contributed by atoms with Crippen LogP contribution in [-0.4, -0.2) is 19.8 Å². The van der Waals surface area contributed by atoms with E-state index in [-0.39, 0.29) is 0 Å². The summed E-state index contributed by atoms with van der Waals surface area (Å²) in [6.07, 6.45) is 1.63. The number of anilines is 1. The molecule has 1 heterocycles. The predicted molar refractivity (Wildman–Crippen MR) is 48.1 cm³/mol. The number of rotatable bonds is 3. The zero-order valence-electron chi connectivity index (χ0n) is 6.99. The maximum atomic E-state index is 9.97. The van der Waals surface area contributed by atoms with E-state index in [4.69, 9.17) is 4.74 Å². The number of amides is 1. The third kappa shape index (κ3) is 1.42. The monoisotopic (exact) mass is 177 g/mol. The zero-order chi connectivity index (χ0) is 9.10. The van der Waals surface area contributed by atoms with E-state index in [0.717, 1.165) is 11.4 Å². The van der Waals surface area contributed by atoms with E-state index < -0.39 is 0 Å². The first-order valence-electron chi connectivity index (χ1n) is 3.98. The van der Waals surface area contributed by atoms with E-state index in [2.05, 4.69) is 5.32 Å². The molecule has 1 aromatic rings. The lowest BCUT2D eigenvalue weighted by atomic mass is 10.3. The van der Waals surface area contributed by atoms with Gasteiger partial charge in [-0.25, -0.2) is 0 Å². The molecular formula is C9H9N2O2. The molecular weight excluding hydrogens is 168 g/mol. The average molecular weight is 177 g/mol. The molecule has 2 rings (SSSR count). The fourth-order valence-corrected chi connectivity index (χ4v) is 1.32. The maximum Gasteiger partial charge on any atom is 0.310 e. The van der Waals surface area contributed by atoms with Gasteiger partial charge >= 0.3 is 6.41 Å². The molecule has 0 spiro atoms. The molecule has 13 heavy (non-hydrogen) atoms. The van der Waals surface area contributed by atoms with Crippen molar-refractivity contribution in [3.8, 4) is 5.75 Å². The first-order valence-corrected chi connectivity index (χ1v) is 3.98. The fraction of sp³-hybridized carbons (Fsp3) is 0.222. The van der Waals surface area contributed by atoms with Gasteiger partial charge in [0, 0.05) is 0 Å². The van der Waals surface area contributed by atoms with Crippen LogP contribution in [0.5, 0.6) is 5.75 Å². The van der Waals surface area contributed by atoms with Crippen molar-refractivity contribution in [3.63, 3.8) is 0 Å². The fourth-order valence-electron chi connectivity index (χ4n) is 1.32. The molecule has 4 heteroatoms. The van der Waals surface area contributed by atoms with Crippen LogP contribution in [0.25, 0.3) is 0 Å². The summed E-state index contributed by atoms with van der Waals surface area (Å²) in [6, 6.07) is 7.71. The van der Waals surface area contributed by atoms with Crippen LogP contribution in [0, 0.1) is 0 Å². The summed E-state index contributed by atoms with van der Waals surface area (Å²) in [4.78, 5) is 11.9. The van der Waals surface area contributed by atoms with E-state index >= 15 is 0 Å². The minimum Gasteiger partial charge on any atom is -0.471 e. The van der Waals surface area contributed by atoms with Gasteiger partial charge in [-0.3, -0.25) is 4.79 Å². The SMILES string of the molecule is O=[C]NCN1COc2ccccc21. The van der Waals surface area contributed by atoms with E-state index in [1.165, 1.54) is 0 Å². The highest BCUT2D eigenvalue weighted by Crippen LogP contribution is 2.32. The van der Waals surface area contributed by atoms with E-state index in [1.807, 2.05) is 29.2 Å². The number of hydrogen-bond donors (Lipinski definition) is 1. The van der Waals surface area contributed by atoms with Crippen molar-refractivity contribution in [2.24, 2.45) is 0 Å². The number of hydrogen-bond acceptors (Lipinski definition) is 3. The van der Waals surface area contributed by atoms with Gasteiger partial charge in [0.05, 0.1) is 12.4 Å². The van der Waals surface area contributed by atoms with E-state index in [1.54, 1.807) is 6.41 Å². The van der Waals surface area contributed by atoms with Gasteiger partial charge in [0.25, 0.3) is 0 Å². The Kier molecular flexibility index (Phi) is 2.04. The van der Waals surface area contributed by atoms with Crippen molar-refractivity contribution >= 4 is 12.1 Å². The summed E-state index contributed by atoms with van der Waals surface area (Å²) in [6.45, 7) is 0.911. The highest BCUT2D eigenvalue weighted by molar-refractivity contribution is 5.61. The molecule has 1 radical (unpaired) electrons. The second-order valence-corrected chi connectivity index (χ2v) is 2.72. The standard InChI is InChI=1S/C9H9N2O2/c12-6-10-5-11-7-13-9-4-2-1-3-8(9)11/h1-4H,5,7H2,(H,10,12). The number of carbonyl (C=O) groups excluding carboxylic acids is 1. The van der Waals surface area contributed by atoms with Crippen LogP contribution in [0.15, 0.2) is 24.3 Å². The van der Waals surface area contributed by atoms with E-state index in [0.29, 0.717) is 13.4 Å². The molecule has 4 nitrogen and oxygen atoms in total. The Morgan fingerprint density at radius 1 is 1.54 bits per heavy atom. The van der Waals surface area contributed by atoms with Crippen LogP contribution >= 0.6 is 0 Å². The lowest BCUT2D eigenvalue weighted by Gasteiger charge is -2.14. The summed E-state index contributed by atoms with van der Waals surface area (Å²) in [5, 5.41) is 2.47. The van der Waals surface area contributed by atoms with Gasteiger partial charge in [0.2, 0.25) is 0 Å². The van der Waals surface area contributed by atoms with Gasteiger partial charge in [-0.1, -0.05) is 12.1 Å². The number of nitrogens with zero attached hydrogens (tertiary/aromatic N) is 1. The van der Waals surface area contributed by atoms with Crippen molar-refractivity contribution in [2.45, 2.75) is 0 Å². The summed E-state index contributed by atoms with van der Waals surface area (Å²) >= 11 is 0. The molecule has 0 bridgehead atoms. The highest BCUT2D eigenvalue weighted by atomic mass is 16.5. The van der Waals surface area contributed by atoms with Gasteiger partial charge in [-0.15, -0.1) is 0 Å². The molecule has 1 aliphatic heterocycles. The van der Waals surface area contributed by atoms with Crippen molar-refractivity contribution in [1.82, 2.24) is 5.32 Å². The topological polar surface area (TPSA) is 41.6 Å². The molecule has 0 aromatic heterocycles. The minimum atomic E-state index is 0.431. The Morgan fingerprint density at radius 2 is 2.38 bits per heavy atom. The Bertz CT molecular complexity index is 314. The second-order valence-electron chi connectivity index (χ2n) is 2.72. The molecule has 0 fully saturated rings. The van der Waals surface area contributed by atoms with Gasteiger partial charge in [0.1, 0.15) is 5.75 Å². The summed E-state index contributed by atoms with van der Waals surface area (Å²) in [7, 11) is 0. The summed E-state index contributed by atoms with van der Waals surface area (Å²) in [5.41, 5.74) is 1.00. The van der Waals surface area contributed by atoms with Crippen LogP contribution in [0.1, 0.15) is 0 Å². The highest BCUT2D eigenvalue weighted by Gasteiger charge is 2.18. The number of fused-ring (bicyclic) bond motifs is 1. The number of para-hydroxylation sites is 2. The van der Waals surface area contributed by atoms with Gasteiger partial charge < -0.3 is 15.0 Å². The number of ether oxygens (including phenoxy) is 1. The lowest BCUT2D eigenvalue weighted by Crippen LogP contribution is -2.32.